The average Bonchev–Trinajstić information content (AvgIpc) is 2.29. The molecule has 82 valence electrons. The molecule has 1 heterocycles. The number of hydrogen-bond acceptors (Lipinski definition) is 3. The van der Waals surface area contributed by atoms with Crippen molar-refractivity contribution in [3.63, 3.8) is 0 Å². The largest absolute Gasteiger partial charge is 0.481 e. The topological polar surface area (TPSA) is 83.0 Å². The number of nitrogens with one attached hydrogen (secondary N) is 1. The molecule has 0 aliphatic carbocycles. The monoisotopic (exact) mass is 218 g/mol. The van der Waals surface area contributed by atoms with E-state index in [4.69, 9.17) is 5.11 Å². The summed E-state index contributed by atoms with van der Waals surface area (Å²) in [4.78, 5) is 22.4. The molecule has 0 spiro atoms. The first-order chi connectivity index (χ1) is 7.61. The minimum atomic E-state index is -0.968. The third-order valence-corrected chi connectivity index (χ3v) is 2.51. The van der Waals surface area contributed by atoms with Crippen LogP contribution in [0.3, 0.4) is 0 Å². The van der Waals surface area contributed by atoms with E-state index in [1.54, 1.807) is 24.3 Å². The molecular weight excluding hydrogens is 208 g/mol. The third-order valence-electron chi connectivity index (χ3n) is 2.51. The Kier molecular flexibility index (Phi) is 2.44. The molecular formula is C11H10N2O3. The zero-order valence-corrected chi connectivity index (χ0v) is 8.60. The number of fused-ring (bicyclic) bond motifs is 1. The minimum absolute atomic E-state index is 0.308. The first-order valence-corrected chi connectivity index (χ1v) is 4.81. The number of hydrogen-bond donors (Lipinski definition) is 2. The van der Waals surface area contributed by atoms with E-state index in [9.17, 15) is 9.59 Å². The maximum absolute atomic E-state index is 11.5. The summed E-state index contributed by atoms with van der Waals surface area (Å²) in [7, 11) is 0. The van der Waals surface area contributed by atoms with E-state index in [2.05, 4.69) is 10.2 Å². The van der Waals surface area contributed by atoms with E-state index in [0.717, 1.165) is 0 Å². The Morgan fingerprint density at radius 1 is 1.38 bits per heavy atom. The zero-order valence-electron chi connectivity index (χ0n) is 8.60. The van der Waals surface area contributed by atoms with E-state index >= 15 is 0 Å². The van der Waals surface area contributed by atoms with E-state index in [-0.39, 0.29) is 5.56 Å². The van der Waals surface area contributed by atoms with Gasteiger partial charge in [-0.1, -0.05) is 18.2 Å². The van der Waals surface area contributed by atoms with Gasteiger partial charge in [0.15, 0.2) is 0 Å². The van der Waals surface area contributed by atoms with Gasteiger partial charge in [0.05, 0.1) is 17.0 Å². The van der Waals surface area contributed by atoms with Crippen LogP contribution in [0.15, 0.2) is 29.1 Å². The molecule has 0 saturated heterocycles. The highest BCUT2D eigenvalue weighted by molar-refractivity contribution is 5.88. The molecule has 0 unspecified atom stereocenters. The maximum atomic E-state index is 11.5. The Morgan fingerprint density at radius 3 is 2.62 bits per heavy atom. The molecule has 0 radical (unpaired) electrons. The van der Waals surface area contributed by atoms with Crippen molar-refractivity contribution in [2.75, 3.05) is 0 Å². The standard InChI is InChI=1S/C11H10N2O3/c1-6(11(15)16)9-7-4-2-3-5-8(7)10(14)13-12-9/h2-6H,1H3,(H,13,14)(H,15,16)/t6-/m1/s1. The van der Waals surface area contributed by atoms with Crippen molar-refractivity contribution in [1.82, 2.24) is 10.2 Å². The molecule has 5 nitrogen and oxygen atoms in total. The molecule has 0 aliphatic rings. The van der Waals surface area contributed by atoms with E-state index in [0.29, 0.717) is 16.5 Å². The summed E-state index contributed by atoms with van der Waals surface area (Å²) in [6, 6.07) is 6.83. The van der Waals surface area contributed by atoms with Crippen LogP contribution in [0.25, 0.3) is 10.8 Å². The van der Waals surface area contributed by atoms with Gasteiger partial charge in [-0.3, -0.25) is 9.59 Å². The number of carbonyl (C=O) groups is 1. The van der Waals surface area contributed by atoms with Crippen molar-refractivity contribution in [3.8, 4) is 0 Å². The SMILES string of the molecule is C[C@@H](C(=O)O)c1n[nH]c(=O)c2ccccc12. The number of nitrogens with zero attached hydrogens (tertiary/aromatic N) is 1. The summed E-state index contributed by atoms with van der Waals surface area (Å²) >= 11 is 0. The fourth-order valence-corrected chi connectivity index (χ4v) is 1.58. The van der Waals surface area contributed by atoms with E-state index < -0.39 is 11.9 Å². The molecule has 1 aromatic carbocycles. The van der Waals surface area contributed by atoms with Crippen LogP contribution in [0.5, 0.6) is 0 Å². The van der Waals surface area contributed by atoms with Crippen molar-refractivity contribution >= 4 is 16.7 Å². The lowest BCUT2D eigenvalue weighted by Crippen LogP contribution is -2.16. The van der Waals surface area contributed by atoms with Gasteiger partial charge < -0.3 is 5.11 Å². The van der Waals surface area contributed by atoms with Gasteiger partial charge in [-0.15, -0.1) is 0 Å². The van der Waals surface area contributed by atoms with Crippen LogP contribution in [0, 0.1) is 0 Å². The number of H-pyrrole nitrogens is 1. The fourth-order valence-electron chi connectivity index (χ4n) is 1.58. The second-order valence-electron chi connectivity index (χ2n) is 3.54. The van der Waals surface area contributed by atoms with Crippen LogP contribution in [0.2, 0.25) is 0 Å². The molecule has 2 rings (SSSR count). The van der Waals surface area contributed by atoms with Gasteiger partial charge >= 0.3 is 5.97 Å². The minimum Gasteiger partial charge on any atom is -0.481 e. The van der Waals surface area contributed by atoms with Crippen molar-refractivity contribution in [2.45, 2.75) is 12.8 Å². The number of aromatic nitrogens is 2. The van der Waals surface area contributed by atoms with Gasteiger partial charge in [0.25, 0.3) is 5.56 Å². The summed E-state index contributed by atoms with van der Waals surface area (Å²) in [5.41, 5.74) is 0.0691. The first-order valence-electron chi connectivity index (χ1n) is 4.81. The highest BCUT2D eigenvalue weighted by Crippen LogP contribution is 2.20. The molecule has 2 N–H and O–H groups in total. The van der Waals surface area contributed by atoms with Gasteiger partial charge in [-0.25, -0.2) is 5.10 Å². The van der Waals surface area contributed by atoms with Crippen molar-refractivity contribution in [2.24, 2.45) is 0 Å². The lowest BCUT2D eigenvalue weighted by Gasteiger charge is -2.07. The Bertz CT molecular complexity index is 603. The molecule has 2 aromatic rings. The molecule has 16 heavy (non-hydrogen) atoms. The molecule has 0 amide bonds. The number of benzene rings is 1. The quantitative estimate of drug-likeness (QED) is 0.790. The fraction of sp³-hybridized carbons (Fsp3) is 0.182. The Balaban J connectivity index is 2.77. The molecule has 5 heteroatoms. The lowest BCUT2D eigenvalue weighted by atomic mass is 10.0. The second-order valence-corrected chi connectivity index (χ2v) is 3.54. The Hall–Kier alpha value is -2.17. The smallest absolute Gasteiger partial charge is 0.312 e. The number of aromatic amines is 1. The normalized spacial score (nSPS) is 12.6. The van der Waals surface area contributed by atoms with Crippen LogP contribution in [0.4, 0.5) is 0 Å². The molecule has 0 saturated carbocycles. The molecule has 0 fully saturated rings. The summed E-state index contributed by atoms with van der Waals surface area (Å²) < 4.78 is 0. The van der Waals surface area contributed by atoms with Gasteiger partial charge in [0, 0.05) is 5.39 Å². The average molecular weight is 218 g/mol. The van der Waals surface area contributed by atoms with Crippen molar-refractivity contribution in [1.29, 1.82) is 0 Å². The summed E-state index contributed by atoms with van der Waals surface area (Å²) in [5, 5.41) is 16.1. The summed E-state index contributed by atoms with van der Waals surface area (Å²) in [6.07, 6.45) is 0. The maximum Gasteiger partial charge on any atom is 0.312 e. The van der Waals surface area contributed by atoms with Crippen molar-refractivity contribution in [3.05, 3.63) is 40.3 Å². The zero-order chi connectivity index (χ0) is 11.7. The number of carboxylic acid groups (broad SMARTS) is 1. The third kappa shape index (κ3) is 1.56. The predicted molar refractivity (Wildman–Crippen MR) is 58.4 cm³/mol. The molecule has 1 atom stereocenters. The molecule has 0 bridgehead atoms. The van der Waals surface area contributed by atoms with Gasteiger partial charge in [-0.2, -0.15) is 5.10 Å². The van der Waals surface area contributed by atoms with Gasteiger partial charge in [0.2, 0.25) is 0 Å². The molecule has 0 aliphatic heterocycles. The number of rotatable bonds is 2. The molecule has 1 aromatic heterocycles. The van der Waals surface area contributed by atoms with Crippen LogP contribution in [-0.4, -0.2) is 21.3 Å². The van der Waals surface area contributed by atoms with E-state index in [1.807, 2.05) is 0 Å². The van der Waals surface area contributed by atoms with E-state index in [1.165, 1.54) is 6.92 Å². The number of aliphatic carboxylic acids is 1. The Morgan fingerprint density at radius 2 is 2.00 bits per heavy atom. The number of carboxylic acids is 1. The predicted octanol–water partition coefficient (Wildman–Crippen LogP) is 1.11. The highest BCUT2D eigenvalue weighted by atomic mass is 16.4. The van der Waals surface area contributed by atoms with Crippen LogP contribution >= 0.6 is 0 Å². The van der Waals surface area contributed by atoms with Crippen molar-refractivity contribution < 1.29 is 9.90 Å². The second kappa shape index (κ2) is 3.77. The summed E-state index contributed by atoms with van der Waals surface area (Å²) in [6.45, 7) is 1.54. The first kappa shape index (κ1) is 10.4. The van der Waals surface area contributed by atoms with Crippen LogP contribution < -0.4 is 5.56 Å². The Labute approximate surface area is 90.7 Å². The van der Waals surface area contributed by atoms with Gasteiger partial charge in [-0.05, 0) is 13.0 Å². The van der Waals surface area contributed by atoms with Crippen LogP contribution in [-0.2, 0) is 4.79 Å². The summed E-state index contributed by atoms with van der Waals surface area (Å²) in [5.74, 6) is -1.72. The lowest BCUT2D eigenvalue weighted by molar-refractivity contribution is -0.138. The highest BCUT2D eigenvalue weighted by Gasteiger charge is 2.18. The van der Waals surface area contributed by atoms with Gasteiger partial charge in [0.1, 0.15) is 0 Å². The van der Waals surface area contributed by atoms with Crippen LogP contribution in [0.1, 0.15) is 18.5 Å².